The van der Waals surface area contributed by atoms with Gasteiger partial charge in [-0.15, -0.1) is 0 Å². The van der Waals surface area contributed by atoms with Gasteiger partial charge in [-0.05, 0) is 38.0 Å². The van der Waals surface area contributed by atoms with E-state index in [4.69, 9.17) is 0 Å². The van der Waals surface area contributed by atoms with Crippen LogP contribution in [0.2, 0.25) is 0 Å². The average Bonchev–Trinajstić information content (AvgIpc) is 2.77. The maximum atomic E-state index is 9.68. The quantitative estimate of drug-likeness (QED) is 0.625. The lowest BCUT2D eigenvalue weighted by molar-refractivity contribution is 0.129. The summed E-state index contributed by atoms with van der Waals surface area (Å²) in [6, 6.07) is 0.727. The molecule has 2 fully saturated rings. The van der Waals surface area contributed by atoms with Gasteiger partial charge in [0, 0.05) is 18.7 Å². The Morgan fingerprint density at radius 1 is 1.00 bits per heavy atom. The third-order valence-corrected chi connectivity index (χ3v) is 3.80. The monoisotopic (exact) mass is 199 g/mol. The van der Waals surface area contributed by atoms with Crippen LogP contribution in [-0.4, -0.2) is 35.0 Å². The molecule has 0 radical (unpaired) electrons. The minimum atomic E-state index is -0.157. The molecule has 2 rings (SSSR count). The number of hydrogen-bond acceptors (Lipinski definition) is 3. The van der Waals surface area contributed by atoms with Gasteiger partial charge in [-0.3, -0.25) is 0 Å². The van der Waals surface area contributed by atoms with Crippen LogP contribution >= 0.6 is 0 Å². The highest BCUT2D eigenvalue weighted by Crippen LogP contribution is 2.28. The molecule has 2 saturated carbocycles. The van der Waals surface area contributed by atoms with E-state index in [1.807, 2.05) is 0 Å². The highest BCUT2D eigenvalue weighted by atomic mass is 16.3. The summed E-state index contributed by atoms with van der Waals surface area (Å²) in [7, 11) is 0. The van der Waals surface area contributed by atoms with Crippen LogP contribution in [0.3, 0.4) is 0 Å². The zero-order valence-electron chi connectivity index (χ0n) is 8.65. The molecule has 82 valence electrons. The van der Waals surface area contributed by atoms with Gasteiger partial charge in [0.05, 0.1) is 6.10 Å². The summed E-state index contributed by atoms with van der Waals surface area (Å²) in [5.41, 5.74) is 0. The molecule has 0 unspecified atom stereocenters. The van der Waals surface area contributed by atoms with Gasteiger partial charge in [0.1, 0.15) is 0 Å². The summed E-state index contributed by atoms with van der Waals surface area (Å²) in [6.07, 6.45) is 6.52. The fourth-order valence-corrected chi connectivity index (χ4v) is 2.88. The van der Waals surface area contributed by atoms with Crippen LogP contribution in [0, 0.1) is 5.92 Å². The number of aliphatic hydroxyl groups is 2. The standard InChI is InChI=1S/C11H21NO2/c13-7-8-3-1-4-9(8)12-10-5-2-6-11(10)14/h8-14H,1-7H2/t8-,9-,10-,11-/m0/s1. The first-order chi connectivity index (χ1) is 6.81. The van der Waals surface area contributed by atoms with E-state index in [0.29, 0.717) is 18.6 Å². The van der Waals surface area contributed by atoms with E-state index < -0.39 is 0 Å². The van der Waals surface area contributed by atoms with E-state index in [-0.39, 0.29) is 12.1 Å². The summed E-state index contributed by atoms with van der Waals surface area (Å²) in [4.78, 5) is 0. The molecule has 2 aliphatic rings. The van der Waals surface area contributed by atoms with Crippen molar-refractivity contribution in [3.05, 3.63) is 0 Å². The molecule has 2 aliphatic carbocycles. The van der Waals surface area contributed by atoms with Gasteiger partial charge in [0.15, 0.2) is 0 Å². The Balaban J connectivity index is 1.83. The lowest BCUT2D eigenvalue weighted by atomic mass is 10.0. The zero-order chi connectivity index (χ0) is 9.97. The van der Waals surface area contributed by atoms with E-state index in [9.17, 15) is 10.2 Å². The van der Waals surface area contributed by atoms with Crippen LogP contribution in [0.5, 0.6) is 0 Å². The molecule has 0 aromatic heterocycles. The van der Waals surface area contributed by atoms with E-state index in [1.54, 1.807) is 0 Å². The van der Waals surface area contributed by atoms with E-state index in [0.717, 1.165) is 32.1 Å². The molecule has 0 bridgehead atoms. The molecule has 3 N–H and O–H groups in total. The Kier molecular flexibility index (Phi) is 3.42. The minimum absolute atomic E-state index is 0.157. The third-order valence-electron chi connectivity index (χ3n) is 3.80. The predicted molar refractivity (Wildman–Crippen MR) is 55.0 cm³/mol. The number of aliphatic hydroxyl groups excluding tert-OH is 2. The first kappa shape index (κ1) is 10.4. The fraction of sp³-hybridized carbons (Fsp3) is 1.00. The zero-order valence-corrected chi connectivity index (χ0v) is 8.65. The molecular formula is C11H21NO2. The van der Waals surface area contributed by atoms with Crippen molar-refractivity contribution in [1.82, 2.24) is 5.32 Å². The van der Waals surface area contributed by atoms with Gasteiger partial charge >= 0.3 is 0 Å². The Morgan fingerprint density at radius 3 is 2.36 bits per heavy atom. The molecule has 3 nitrogen and oxygen atoms in total. The SMILES string of the molecule is OC[C@@H]1CCC[C@@H]1N[C@H]1CCC[C@@H]1O. The second-order valence-corrected chi connectivity index (χ2v) is 4.75. The number of nitrogens with one attached hydrogen (secondary N) is 1. The smallest absolute Gasteiger partial charge is 0.0693 e. The molecule has 0 amide bonds. The predicted octanol–water partition coefficient (Wildman–Crippen LogP) is 0.650. The third kappa shape index (κ3) is 2.10. The topological polar surface area (TPSA) is 52.5 Å². The maximum absolute atomic E-state index is 9.68. The van der Waals surface area contributed by atoms with Crippen molar-refractivity contribution >= 4 is 0 Å². The van der Waals surface area contributed by atoms with Gasteiger partial charge in [0.2, 0.25) is 0 Å². The normalized spacial score (nSPS) is 43.3. The Hall–Kier alpha value is -0.120. The van der Waals surface area contributed by atoms with Crippen molar-refractivity contribution in [2.24, 2.45) is 5.92 Å². The van der Waals surface area contributed by atoms with Gasteiger partial charge in [-0.2, -0.15) is 0 Å². The highest BCUT2D eigenvalue weighted by molar-refractivity contribution is 4.90. The van der Waals surface area contributed by atoms with Gasteiger partial charge in [-0.25, -0.2) is 0 Å². The van der Waals surface area contributed by atoms with E-state index >= 15 is 0 Å². The maximum Gasteiger partial charge on any atom is 0.0693 e. The summed E-state index contributed by atoms with van der Waals surface area (Å²) in [5, 5.41) is 22.4. The molecule has 3 heteroatoms. The van der Waals surface area contributed by atoms with Crippen LogP contribution in [0.15, 0.2) is 0 Å². The second kappa shape index (κ2) is 4.60. The molecule has 0 spiro atoms. The van der Waals surface area contributed by atoms with Gasteiger partial charge < -0.3 is 15.5 Å². The van der Waals surface area contributed by atoms with Crippen LogP contribution in [0.1, 0.15) is 38.5 Å². The Labute approximate surface area is 85.5 Å². The van der Waals surface area contributed by atoms with E-state index in [1.165, 1.54) is 6.42 Å². The second-order valence-electron chi connectivity index (χ2n) is 4.75. The largest absolute Gasteiger partial charge is 0.396 e. The van der Waals surface area contributed by atoms with Crippen molar-refractivity contribution in [2.75, 3.05) is 6.61 Å². The van der Waals surface area contributed by atoms with Crippen LogP contribution in [0.25, 0.3) is 0 Å². The van der Waals surface area contributed by atoms with E-state index in [2.05, 4.69) is 5.32 Å². The summed E-state index contributed by atoms with van der Waals surface area (Å²) in [5.74, 6) is 0.419. The number of rotatable bonds is 3. The molecule has 4 atom stereocenters. The molecule has 0 aromatic rings. The van der Waals surface area contributed by atoms with Gasteiger partial charge in [-0.1, -0.05) is 6.42 Å². The molecule has 0 heterocycles. The van der Waals surface area contributed by atoms with Crippen molar-refractivity contribution < 1.29 is 10.2 Å². The molecule has 0 saturated heterocycles. The molecule has 0 aliphatic heterocycles. The van der Waals surface area contributed by atoms with Crippen molar-refractivity contribution in [3.63, 3.8) is 0 Å². The van der Waals surface area contributed by atoms with Gasteiger partial charge in [0.25, 0.3) is 0 Å². The minimum Gasteiger partial charge on any atom is -0.396 e. The first-order valence-electron chi connectivity index (χ1n) is 5.86. The Bertz CT molecular complexity index is 186. The fourth-order valence-electron chi connectivity index (χ4n) is 2.88. The highest BCUT2D eigenvalue weighted by Gasteiger charge is 2.32. The molecule has 0 aromatic carbocycles. The number of hydrogen-bond donors (Lipinski definition) is 3. The Morgan fingerprint density at radius 2 is 1.71 bits per heavy atom. The summed E-state index contributed by atoms with van der Waals surface area (Å²) >= 11 is 0. The average molecular weight is 199 g/mol. The summed E-state index contributed by atoms with van der Waals surface area (Å²) in [6.45, 7) is 0.292. The van der Waals surface area contributed by atoms with Crippen molar-refractivity contribution in [2.45, 2.75) is 56.7 Å². The summed E-state index contributed by atoms with van der Waals surface area (Å²) < 4.78 is 0. The molecule has 14 heavy (non-hydrogen) atoms. The van der Waals surface area contributed by atoms with Crippen molar-refractivity contribution in [3.8, 4) is 0 Å². The van der Waals surface area contributed by atoms with Crippen molar-refractivity contribution in [1.29, 1.82) is 0 Å². The van der Waals surface area contributed by atoms with Crippen LogP contribution < -0.4 is 5.32 Å². The molecular weight excluding hydrogens is 178 g/mol. The van der Waals surface area contributed by atoms with Crippen LogP contribution in [-0.2, 0) is 0 Å². The lowest BCUT2D eigenvalue weighted by Crippen LogP contribution is -2.44. The first-order valence-corrected chi connectivity index (χ1v) is 5.86. The van der Waals surface area contributed by atoms with Crippen LogP contribution in [0.4, 0.5) is 0 Å². The lowest BCUT2D eigenvalue weighted by Gasteiger charge is -2.25.